The third kappa shape index (κ3) is 2.23. The van der Waals surface area contributed by atoms with E-state index >= 15 is 0 Å². The molecule has 0 aromatic carbocycles. The van der Waals surface area contributed by atoms with Gasteiger partial charge in [-0.05, 0) is 38.3 Å². The summed E-state index contributed by atoms with van der Waals surface area (Å²) in [5.74, 6) is 0.793. The number of nitrogens with zero attached hydrogens (tertiary/aromatic N) is 5. The Bertz CT molecular complexity index is 604. The molecule has 2 aromatic heterocycles. The fourth-order valence-corrected chi connectivity index (χ4v) is 2.77. The Labute approximate surface area is 122 Å². The van der Waals surface area contributed by atoms with E-state index < -0.39 is 0 Å². The molecule has 0 bridgehead atoms. The molecule has 108 valence electrons. The summed E-state index contributed by atoms with van der Waals surface area (Å²) in [5.41, 5.74) is 1.53. The molecule has 1 atom stereocenters. The Morgan fingerprint density at radius 1 is 1.40 bits per heavy atom. The van der Waals surface area contributed by atoms with Crippen LogP contribution in [0.1, 0.15) is 32.9 Å². The van der Waals surface area contributed by atoms with E-state index in [1.54, 1.807) is 6.33 Å². The fraction of sp³-hybridized carbons (Fsp3) is 0.615. The highest BCUT2D eigenvalue weighted by atomic mass is 35.5. The molecule has 0 radical (unpaired) electrons. The number of imidazole rings is 1. The van der Waals surface area contributed by atoms with Crippen molar-refractivity contribution >= 4 is 28.6 Å². The Kier molecular flexibility index (Phi) is 3.76. The van der Waals surface area contributed by atoms with Gasteiger partial charge in [0.15, 0.2) is 17.0 Å². The first-order valence-corrected chi connectivity index (χ1v) is 7.39. The van der Waals surface area contributed by atoms with Gasteiger partial charge >= 0.3 is 0 Å². The molecule has 0 N–H and O–H groups in total. The van der Waals surface area contributed by atoms with E-state index in [0.29, 0.717) is 0 Å². The van der Waals surface area contributed by atoms with E-state index in [-0.39, 0.29) is 11.5 Å². The van der Waals surface area contributed by atoms with E-state index in [9.17, 15) is 0 Å². The predicted molar refractivity (Wildman–Crippen MR) is 78.1 cm³/mol. The highest BCUT2D eigenvalue weighted by Crippen LogP contribution is 2.30. The van der Waals surface area contributed by atoms with Crippen molar-refractivity contribution in [1.29, 1.82) is 0 Å². The van der Waals surface area contributed by atoms with Crippen LogP contribution in [-0.2, 0) is 4.74 Å². The van der Waals surface area contributed by atoms with E-state index in [4.69, 9.17) is 16.3 Å². The van der Waals surface area contributed by atoms with Crippen LogP contribution >= 0.6 is 11.6 Å². The molecule has 0 aliphatic carbocycles. The number of fused-ring (bicyclic) bond motifs is 1. The maximum Gasteiger partial charge on any atom is 0.226 e. The molecule has 0 spiro atoms. The van der Waals surface area contributed by atoms with Crippen molar-refractivity contribution in [3.8, 4) is 0 Å². The number of halogens is 1. The lowest BCUT2D eigenvalue weighted by Gasteiger charge is -2.20. The van der Waals surface area contributed by atoms with Crippen molar-refractivity contribution in [3.63, 3.8) is 0 Å². The van der Waals surface area contributed by atoms with Gasteiger partial charge in [-0.1, -0.05) is 0 Å². The van der Waals surface area contributed by atoms with Crippen LogP contribution < -0.4 is 4.90 Å². The SMILES string of the molecule is CCN(CC)c1nc(Cl)nc2c1ncn2C1CCCO1. The molecule has 0 amide bonds. The van der Waals surface area contributed by atoms with E-state index in [1.165, 1.54) is 0 Å². The quantitative estimate of drug-likeness (QED) is 0.812. The lowest BCUT2D eigenvalue weighted by atomic mass is 10.3. The van der Waals surface area contributed by atoms with Crippen molar-refractivity contribution in [2.45, 2.75) is 32.9 Å². The summed E-state index contributed by atoms with van der Waals surface area (Å²) in [5, 5.41) is 0.249. The summed E-state index contributed by atoms with van der Waals surface area (Å²) in [6, 6.07) is 0. The second-order valence-electron chi connectivity index (χ2n) is 4.78. The van der Waals surface area contributed by atoms with Crippen LogP contribution in [-0.4, -0.2) is 39.2 Å². The highest BCUT2D eigenvalue weighted by Gasteiger charge is 2.23. The van der Waals surface area contributed by atoms with Gasteiger partial charge in [0.2, 0.25) is 5.28 Å². The zero-order valence-corrected chi connectivity index (χ0v) is 12.5. The molecule has 1 aliphatic heterocycles. The average molecular weight is 296 g/mol. The lowest BCUT2D eigenvalue weighted by Crippen LogP contribution is -2.23. The topological polar surface area (TPSA) is 56.1 Å². The summed E-state index contributed by atoms with van der Waals surface area (Å²) in [6.07, 6.45) is 3.83. The molecule has 6 nitrogen and oxygen atoms in total. The summed E-state index contributed by atoms with van der Waals surface area (Å²) in [6.45, 7) is 6.66. The minimum Gasteiger partial charge on any atom is -0.358 e. The third-order valence-electron chi connectivity index (χ3n) is 3.65. The van der Waals surface area contributed by atoms with E-state index in [0.717, 1.165) is 49.5 Å². The van der Waals surface area contributed by atoms with Crippen molar-refractivity contribution in [1.82, 2.24) is 19.5 Å². The van der Waals surface area contributed by atoms with Crippen molar-refractivity contribution in [3.05, 3.63) is 11.6 Å². The van der Waals surface area contributed by atoms with Gasteiger partial charge in [0.05, 0.1) is 6.33 Å². The van der Waals surface area contributed by atoms with Gasteiger partial charge in [-0.25, -0.2) is 4.98 Å². The minimum absolute atomic E-state index is 0.00974. The summed E-state index contributed by atoms with van der Waals surface area (Å²) < 4.78 is 7.67. The normalized spacial score (nSPS) is 18.9. The maximum absolute atomic E-state index is 6.09. The number of hydrogen-bond donors (Lipinski definition) is 0. The van der Waals surface area contributed by atoms with Crippen molar-refractivity contribution in [2.24, 2.45) is 0 Å². The number of anilines is 1. The summed E-state index contributed by atoms with van der Waals surface area (Å²) >= 11 is 6.09. The first kappa shape index (κ1) is 13.6. The van der Waals surface area contributed by atoms with Crippen LogP contribution in [0, 0.1) is 0 Å². The van der Waals surface area contributed by atoms with Crippen molar-refractivity contribution in [2.75, 3.05) is 24.6 Å². The van der Waals surface area contributed by atoms with Crippen LogP contribution in [0.15, 0.2) is 6.33 Å². The first-order valence-electron chi connectivity index (χ1n) is 7.01. The fourth-order valence-electron chi connectivity index (χ4n) is 2.61. The van der Waals surface area contributed by atoms with Crippen LogP contribution in [0.3, 0.4) is 0 Å². The van der Waals surface area contributed by atoms with Crippen LogP contribution in [0.4, 0.5) is 5.82 Å². The minimum atomic E-state index is 0.00974. The monoisotopic (exact) mass is 295 g/mol. The largest absolute Gasteiger partial charge is 0.358 e. The molecule has 1 aliphatic rings. The predicted octanol–water partition coefficient (Wildman–Crippen LogP) is 2.63. The number of aromatic nitrogens is 4. The highest BCUT2D eigenvalue weighted by molar-refractivity contribution is 6.28. The molecule has 3 rings (SSSR count). The molecule has 2 aromatic rings. The average Bonchev–Trinajstić information content (AvgIpc) is 3.07. The summed E-state index contributed by atoms with van der Waals surface area (Å²) in [7, 11) is 0. The maximum atomic E-state index is 6.09. The second kappa shape index (κ2) is 5.54. The van der Waals surface area contributed by atoms with Crippen LogP contribution in [0.2, 0.25) is 5.28 Å². The molecular weight excluding hydrogens is 278 g/mol. The Morgan fingerprint density at radius 3 is 2.85 bits per heavy atom. The molecule has 20 heavy (non-hydrogen) atoms. The molecule has 7 heteroatoms. The number of rotatable bonds is 4. The van der Waals surface area contributed by atoms with Crippen LogP contribution in [0.5, 0.6) is 0 Å². The number of ether oxygens (including phenoxy) is 1. The number of hydrogen-bond acceptors (Lipinski definition) is 5. The third-order valence-corrected chi connectivity index (χ3v) is 3.82. The molecule has 1 unspecified atom stereocenters. The van der Waals surface area contributed by atoms with Gasteiger partial charge in [-0.2, -0.15) is 9.97 Å². The standard InChI is InChI=1S/C13H18ClN5O/c1-3-18(4-2)11-10-12(17-13(14)16-11)19(8-15-10)9-6-5-7-20-9/h8-9H,3-7H2,1-2H3. The van der Waals surface area contributed by atoms with Gasteiger partial charge in [0.25, 0.3) is 0 Å². The van der Waals surface area contributed by atoms with Crippen LogP contribution in [0.25, 0.3) is 11.2 Å². The smallest absolute Gasteiger partial charge is 0.226 e. The Hall–Kier alpha value is -1.40. The van der Waals surface area contributed by atoms with Gasteiger partial charge in [-0.15, -0.1) is 0 Å². The molecule has 1 saturated heterocycles. The lowest BCUT2D eigenvalue weighted by molar-refractivity contribution is 0.0593. The molecular formula is C13H18ClN5O. The van der Waals surface area contributed by atoms with Gasteiger partial charge in [0.1, 0.15) is 6.23 Å². The van der Waals surface area contributed by atoms with E-state index in [1.807, 2.05) is 4.57 Å². The van der Waals surface area contributed by atoms with Crippen molar-refractivity contribution < 1.29 is 4.74 Å². The van der Waals surface area contributed by atoms with Gasteiger partial charge < -0.3 is 9.64 Å². The second-order valence-corrected chi connectivity index (χ2v) is 5.12. The first-order chi connectivity index (χ1) is 9.74. The molecule has 0 saturated carbocycles. The van der Waals surface area contributed by atoms with Gasteiger partial charge in [0, 0.05) is 19.7 Å². The van der Waals surface area contributed by atoms with Gasteiger partial charge in [-0.3, -0.25) is 4.57 Å². The Balaban J connectivity index is 2.13. The zero-order valence-electron chi connectivity index (χ0n) is 11.7. The molecule has 1 fully saturated rings. The summed E-state index contributed by atoms with van der Waals surface area (Å²) in [4.78, 5) is 15.3. The van der Waals surface area contributed by atoms with E-state index in [2.05, 4.69) is 33.7 Å². The molecule has 3 heterocycles. The Morgan fingerprint density at radius 2 is 2.20 bits per heavy atom. The zero-order chi connectivity index (χ0) is 14.1.